The number of nitrogens with zero attached hydrogens (tertiary/aromatic N) is 3. The maximum Gasteiger partial charge on any atom is 0.416 e. The summed E-state index contributed by atoms with van der Waals surface area (Å²) in [7, 11) is 0. The lowest BCUT2D eigenvalue weighted by atomic mass is 9.85. The molecule has 1 aromatic heterocycles. The molecule has 3 aromatic rings. The Hall–Kier alpha value is -4.42. The van der Waals surface area contributed by atoms with E-state index in [0.29, 0.717) is 18.4 Å². The van der Waals surface area contributed by atoms with Crippen LogP contribution in [0.5, 0.6) is 0 Å². The van der Waals surface area contributed by atoms with Crippen LogP contribution in [0.15, 0.2) is 58.2 Å². The number of nitrogens with one attached hydrogen (secondary N) is 2. The van der Waals surface area contributed by atoms with E-state index in [1.807, 2.05) is 19.1 Å². The van der Waals surface area contributed by atoms with Crippen molar-refractivity contribution in [2.75, 3.05) is 10.6 Å². The van der Waals surface area contributed by atoms with E-state index < -0.39 is 23.7 Å². The predicted molar refractivity (Wildman–Crippen MR) is 133 cm³/mol. The van der Waals surface area contributed by atoms with Gasteiger partial charge in [-0.3, -0.25) is 19.6 Å². The first-order valence-corrected chi connectivity index (χ1v) is 12.2. The number of hydrogen-bond acceptors (Lipinski definition) is 6. The average Bonchev–Trinajstić information content (AvgIpc) is 3.33. The third kappa shape index (κ3) is 7.33. The predicted octanol–water partition coefficient (Wildman–Crippen LogP) is 3.78. The number of primary amides is 1. The number of aryl methyl sites for hydroxylation is 1. The largest absolute Gasteiger partial charge is 0.861 e. The molecule has 1 heterocycles. The first kappa shape index (κ1) is 27.6. The van der Waals surface area contributed by atoms with Crippen molar-refractivity contribution in [3.05, 3.63) is 65.4 Å². The van der Waals surface area contributed by atoms with Crippen molar-refractivity contribution in [2.24, 2.45) is 16.6 Å². The molecule has 0 bridgehead atoms. The van der Waals surface area contributed by atoms with Crippen molar-refractivity contribution in [2.45, 2.75) is 51.2 Å². The summed E-state index contributed by atoms with van der Waals surface area (Å²) in [6.07, 6.45) is -0.707. The van der Waals surface area contributed by atoms with Gasteiger partial charge in [0.25, 0.3) is 6.20 Å². The SMILES string of the molecule is Cc1ccccc1CC([O-])=Nc1cc(NC(=O)Nc2c[n+]([C@@H]3CCC[C@H](C(N)=O)C3)no2)cc(C(F)(F)F)c1. The topological polar surface area (TPSA) is 150 Å². The van der Waals surface area contributed by atoms with Gasteiger partial charge in [0, 0.05) is 30.9 Å². The van der Waals surface area contributed by atoms with Crippen molar-refractivity contribution in [1.82, 2.24) is 5.27 Å². The van der Waals surface area contributed by atoms with Gasteiger partial charge in [0.1, 0.15) is 0 Å². The second kappa shape index (κ2) is 11.5. The number of halogens is 3. The number of benzene rings is 2. The number of carbonyl (C=O) groups is 2. The third-order valence-corrected chi connectivity index (χ3v) is 6.50. The van der Waals surface area contributed by atoms with Crippen LogP contribution in [-0.4, -0.2) is 23.1 Å². The van der Waals surface area contributed by atoms with Gasteiger partial charge in [-0.2, -0.15) is 13.2 Å². The fraction of sp³-hybridized carbons (Fsp3) is 0.346. The van der Waals surface area contributed by atoms with Gasteiger partial charge in [-0.1, -0.05) is 24.3 Å². The van der Waals surface area contributed by atoms with Crippen molar-refractivity contribution in [1.29, 1.82) is 0 Å². The highest BCUT2D eigenvalue weighted by atomic mass is 19.4. The lowest BCUT2D eigenvalue weighted by Crippen LogP contribution is -2.44. The van der Waals surface area contributed by atoms with Crippen molar-refractivity contribution in [3.63, 3.8) is 0 Å². The Labute approximate surface area is 221 Å². The standard InChI is InChI=1S/C26H27F3N6O4/c1-15-5-2-3-6-16(15)10-22(36)31-19-11-18(26(27,28)29)12-20(13-19)32-25(38)33-23-14-35(34-39-23)21-8-4-7-17(9-21)24(30)37/h2-3,5-6,11-14,17,21H,4,7-10H2,1H3,(H4-,30,31,32,33,34,36,37,38)/t17-,21+/m0/s1. The molecule has 1 saturated carbocycles. The lowest BCUT2D eigenvalue weighted by Gasteiger charge is -2.20. The summed E-state index contributed by atoms with van der Waals surface area (Å²) < 4.78 is 47.2. The number of aliphatic imine (C=N–C) groups is 1. The summed E-state index contributed by atoms with van der Waals surface area (Å²) in [5.74, 6) is -1.35. The highest BCUT2D eigenvalue weighted by molar-refractivity contribution is 5.99. The number of urea groups is 1. The maximum atomic E-state index is 13.5. The van der Waals surface area contributed by atoms with Crippen LogP contribution in [0.4, 0.5) is 35.2 Å². The first-order chi connectivity index (χ1) is 18.5. The van der Waals surface area contributed by atoms with Crippen LogP contribution in [0, 0.1) is 12.8 Å². The van der Waals surface area contributed by atoms with Gasteiger partial charge in [0.2, 0.25) is 11.2 Å². The molecule has 39 heavy (non-hydrogen) atoms. The molecule has 13 heteroatoms. The highest BCUT2D eigenvalue weighted by Gasteiger charge is 2.34. The van der Waals surface area contributed by atoms with Crippen LogP contribution in [0.1, 0.15) is 48.4 Å². The number of amides is 3. The minimum atomic E-state index is -4.74. The molecule has 4 N–H and O–H groups in total. The van der Waals surface area contributed by atoms with E-state index in [2.05, 4.69) is 20.9 Å². The number of alkyl halides is 3. The summed E-state index contributed by atoms with van der Waals surface area (Å²) in [5, 5.41) is 21.0. The molecule has 206 valence electrons. The Kier molecular flexibility index (Phi) is 8.17. The van der Waals surface area contributed by atoms with Gasteiger partial charge >= 0.3 is 18.1 Å². The zero-order chi connectivity index (χ0) is 28.2. The number of rotatable bonds is 7. The second-order valence-corrected chi connectivity index (χ2v) is 9.42. The summed E-state index contributed by atoms with van der Waals surface area (Å²) in [6, 6.07) is 8.71. The van der Waals surface area contributed by atoms with E-state index in [0.717, 1.165) is 36.6 Å². The van der Waals surface area contributed by atoms with E-state index in [-0.39, 0.29) is 41.5 Å². The normalized spacial score (nSPS) is 18.0. The molecule has 0 aliphatic heterocycles. The second-order valence-electron chi connectivity index (χ2n) is 9.42. The zero-order valence-electron chi connectivity index (χ0n) is 21.0. The van der Waals surface area contributed by atoms with Gasteiger partial charge in [-0.25, -0.2) is 4.79 Å². The highest BCUT2D eigenvalue weighted by Crippen LogP contribution is 2.34. The van der Waals surface area contributed by atoms with Gasteiger partial charge < -0.3 is 16.2 Å². The monoisotopic (exact) mass is 544 g/mol. The molecule has 1 fully saturated rings. The van der Waals surface area contributed by atoms with Crippen LogP contribution in [0.2, 0.25) is 0 Å². The lowest BCUT2D eigenvalue weighted by molar-refractivity contribution is -0.787. The minimum Gasteiger partial charge on any atom is -0.861 e. The molecule has 0 unspecified atom stereocenters. The van der Waals surface area contributed by atoms with E-state index in [1.165, 1.54) is 10.9 Å². The summed E-state index contributed by atoms with van der Waals surface area (Å²) in [6.45, 7) is 1.82. The van der Waals surface area contributed by atoms with Crippen LogP contribution in [0.25, 0.3) is 0 Å². The van der Waals surface area contributed by atoms with Gasteiger partial charge in [-0.15, -0.1) is 0 Å². The Morgan fingerprint density at radius 1 is 1.21 bits per heavy atom. The third-order valence-electron chi connectivity index (χ3n) is 6.50. The molecule has 2 atom stereocenters. The molecule has 1 aliphatic rings. The van der Waals surface area contributed by atoms with Crippen LogP contribution >= 0.6 is 0 Å². The Bertz CT molecular complexity index is 1390. The van der Waals surface area contributed by atoms with Crippen LogP contribution in [-0.2, 0) is 17.4 Å². The average molecular weight is 545 g/mol. The summed E-state index contributed by atoms with van der Waals surface area (Å²) in [4.78, 5) is 27.9. The quantitative estimate of drug-likeness (QED) is 0.235. The molecule has 3 amide bonds. The van der Waals surface area contributed by atoms with Crippen molar-refractivity contribution < 1.29 is 37.1 Å². The molecule has 1 aliphatic carbocycles. The Balaban J connectivity index is 1.47. The van der Waals surface area contributed by atoms with Crippen molar-refractivity contribution >= 4 is 35.1 Å². The fourth-order valence-electron chi connectivity index (χ4n) is 4.49. The van der Waals surface area contributed by atoms with Crippen LogP contribution in [0.3, 0.4) is 0 Å². The molecule has 0 saturated heterocycles. The number of aromatic nitrogens is 2. The Morgan fingerprint density at radius 2 is 1.97 bits per heavy atom. The van der Waals surface area contributed by atoms with Gasteiger partial charge in [-0.05, 0) is 59.7 Å². The van der Waals surface area contributed by atoms with E-state index >= 15 is 0 Å². The number of hydrogen-bond donors (Lipinski definition) is 3. The number of carbonyl (C=O) groups excluding carboxylic acids is 2. The maximum absolute atomic E-state index is 13.5. The van der Waals surface area contributed by atoms with Gasteiger partial charge in [0.15, 0.2) is 6.04 Å². The summed E-state index contributed by atoms with van der Waals surface area (Å²) >= 11 is 0. The van der Waals surface area contributed by atoms with E-state index in [9.17, 15) is 27.9 Å². The fourth-order valence-corrected chi connectivity index (χ4v) is 4.49. The molecule has 10 nitrogen and oxygen atoms in total. The molecule has 0 radical (unpaired) electrons. The number of nitrogens with two attached hydrogens (primary N) is 1. The zero-order valence-corrected chi connectivity index (χ0v) is 21.0. The molecule has 0 spiro atoms. The summed E-state index contributed by atoms with van der Waals surface area (Å²) in [5.41, 5.74) is 5.41. The van der Waals surface area contributed by atoms with Crippen LogP contribution < -0.4 is 26.2 Å². The first-order valence-electron chi connectivity index (χ1n) is 12.2. The minimum absolute atomic E-state index is 0.0565. The van der Waals surface area contributed by atoms with E-state index in [4.69, 9.17) is 10.3 Å². The van der Waals surface area contributed by atoms with E-state index in [1.54, 1.807) is 12.1 Å². The smallest absolute Gasteiger partial charge is 0.416 e. The molecule has 2 aromatic carbocycles. The van der Waals surface area contributed by atoms with Crippen molar-refractivity contribution in [3.8, 4) is 0 Å². The van der Waals surface area contributed by atoms with Gasteiger partial charge in [0.05, 0.1) is 11.3 Å². The number of anilines is 2. The molecular weight excluding hydrogens is 517 g/mol. The Morgan fingerprint density at radius 3 is 2.69 bits per heavy atom. The molecular formula is C26H27F3N6O4. The molecule has 4 rings (SSSR count).